The van der Waals surface area contributed by atoms with Crippen LogP contribution < -0.4 is 0 Å². The fourth-order valence-electron chi connectivity index (χ4n) is 4.00. The van der Waals surface area contributed by atoms with Gasteiger partial charge in [-0.05, 0) is 82.8 Å². The zero-order chi connectivity index (χ0) is 17.1. The first-order valence-corrected chi connectivity index (χ1v) is 9.37. The van der Waals surface area contributed by atoms with Crippen molar-refractivity contribution in [1.29, 1.82) is 0 Å². The van der Waals surface area contributed by atoms with Crippen LogP contribution in [-0.2, 0) is 12.8 Å². The Bertz CT molecular complexity index is 674. The van der Waals surface area contributed by atoms with Crippen LogP contribution in [0.5, 0.6) is 0 Å². The third kappa shape index (κ3) is 4.23. The van der Waals surface area contributed by atoms with Gasteiger partial charge in [0, 0.05) is 17.8 Å². The van der Waals surface area contributed by atoms with Crippen molar-refractivity contribution < 1.29 is 0 Å². The predicted octanol–water partition coefficient (Wildman–Crippen LogP) is 5.30. The van der Waals surface area contributed by atoms with E-state index in [4.69, 9.17) is 9.97 Å². The lowest BCUT2D eigenvalue weighted by molar-refractivity contribution is 0.269. The minimum atomic E-state index is 0.764. The SMILES string of the molecule is Cc1cccc(CC2CCC(Cc3nc(C)c(C)c(C)n3)CC2)c1. The van der Waals surface area contributed by atoms with Gasteiger partial charge in [0.1, 0.15) is 5.82 Å². The quantitative estimate of drug-likeness (QED) is 0.763. The lowest BCUT2D eigenvalue weighted by Crippen LogP contribution is -2.19. The van der Waals surface area contributed by atoms with Crippen LogP contribution >= 0.6 is 0 Å². The minimum absolute atomic E-state index is 0.764. The van der Waals surface area contributed by atoms with Crippen LogP contribution in [0.3, 0.4) is 0 Å². The molecular weight excluding hydrogens is 292 g/mol. The summed E-state index contributed by atoms with van der Waals surface area (Å²) in [6.45, 7) is 8.51. The van der Waals surface area contributed by atoms with E-state index in [1.807, 2.05) is 0 Å². The molecule has 1 aromatic carbocycles. The smallest absolute Gasteiger partial charge is 0.129 e. The van der Waals surface area contributed by atoms with E-state index in [1.54, 1.807) is 0 Å². The zero-order valence-corrected chi connectivity index (χ0v) is 15.6. The molecule has 1 aliphatic carbocycles. The maximum Gasteiger partial charge on any atom is 0.129 e. The number of hydrogen-bond donors (Lipinski definition) is 0. The van der Waals surface area contributed by atoms with Gasteiger partial charge in [0.15, 0.2) is 0 Å². The lowest BCUT2D eigenvalue weighted by Gasteiger charge is -2.28. The highest BCUT2D eigenvalue weighted by Crippen LogP contribution is 2.32. The standard InChI is InChI=1S/C22H30N2/c1-15-6-5-7-21(12-15)13-19-8-10-20(11-9-19)14-22-23-17(3)16(2)18(4)24-22/h5-7,12,19-20H,8-11,13-14H2,1-4H3. The van der Waals surface area contributed by atoms with E-state index in [2.05, 4.69) is 52.0 Å². The highest BCUT2D eigenvalue weighted by Gasteiger charge is 2.22. The molecule has 24 heavy (non-hydrogen) atoms. The summed E-state index contributed by atoms with van der Waals surface area (Å²) in [5.41, 5.74) is 6.41. The molecular formula is C22H30N2. The number of nitrogens with zero attached hydrogens (tertiary/aromatic N) is 2. The Hall–Kier alpha value is -1.70. The summed E-state index contributed by atoms with van der Waals surface area (Å²) >= 11 is 0. The Morgan fingerprint density at radius 3 is 2.00 bits per heavy atom. The van der Waals surface area contributed by atoms with Gasteiger partial charge in [0.05, 0.1) is 0 Å². The second kappa shape index (κ2) is 7.46. The largest absolute Gasteiger partial charge is 0.238 e. The van der Waals surface area contributed by atoms with Crippen LogP contribution in [0.1, 0.15) is 59.6 Å². The van der Waals surface area contributed by atoms with Crippen LogP contribution in [0, 0.1) is 39.5 Å². The van der Waals surface area contributed by atoms with E-state index in [1.165, 1.54) is 48.8 Å². The summed E-state index contributed by atoms with van der Waals surface area (Å²) < 4.78 is 0. The maximum atomic E-state index is 4.71. The van der Waals surface area contributed by atoms with Crippen LogP contribution in [0.4, 0.5) is 0 Å². The average molecular weight is 322 g/mol. The number of benzene rings is 1. The van der Waals surface area contributed by atoms with Gasteiger partial charge in [-0.1, -0.05) is 29.8 Å². The van der Waals surface area contributed by atoms with Crippen molar-refractivity contribution >= 4 is 0 Å². The molecule has 2 aromatic rings. The number of aryl methyl sites for hydroxylation is 3. The first-order chi connectivity index (χ1) is 11.5. The molecule has 0 spiro atoms. The summed E-state index contributed by atoms with van der Waals surface area (Å²) in [6.07, 6.45) is 7.65. The van der Waals surface area contributed by atoms with Crippen LogP contribution in [-0.4, -0.2) is 9.97 Å². The summed E-state index contributed by atoms with van der Waals surface area (Å²) in [5, 5.41) is 0. The summed E-state index contributed by atoms with van der Waals surface area (Å²) in [4.78, 5) is 9.43. The normalized spacial score (nSPS) is 21.0. The van der Waals surface area contributed by atoms with E-state index < -0.39 is 0 Å². The third-order valence-corrected chi connectivity index (χ3v) is 5.72. The fraction of sp³-hybridized carbons (Fsp3) is 0.545. The summed E-state index contributed by atoms with van der Waals surface area (Å²) in [7, 11) is 0. The van der Waals surface area contributed by atoms with Gasteiger partial charge in [-0.3, -0.25) is 0 Å². The van der Waals surface area contributed by atoms with E-state index in [0.29, 0.717) is 0 Å². The Morgan fingerprint density at radius 1 is 0.833 bits per heavy atom. The summed E-state index contributed by atoms with van der Waals surface area (Å²) in [5.74, 6) is 2.67. The topological polar surface area (TPSA) is 25.8 Å². The molecule has 0 saturated heterocycles. The first-order valence-electron chi connectivity index (χ1n) is 9.37. The van der Waals surface area contributed by atoms with Gasteiger partial charge in [-0.2, -0.15) is 0 Å². The van der Waals surface area contributed by atoms with Crippen LogP contribution in [0.15, 0.2) is 24.3 Å². The minimum Gasteiger partial charge on any atom is -0.238 e. The van der Waals surface area contributed by atoms with Crippen LogP contribution in [0.25, 0.3) is 0 Å². The highest BCUT2D eigenvalue weighted by atomic mass is 14.9. The molecule has 0 aliphatic heterocycles. The van der Waals surface area contributed by atoms with Crippen molar-refractivity contribution in [2.24, 2.45) is 11.8 Å². The fourth-order valence-corrected chi connectivity index (χ4v) is 4.00. The molecule has 1 saturated carbocycles. The van der Waals surface area contributed by atoms with Crippen molar-refractivity contribution in [3.8, 4) is 0 Å². The molecule has 128 valence electrons. The van der Waals surface area contributed by atoms with Crippen molar-refractivity contribution in [2.75, 3.05) is 0 Å². The zero-order valence-electron chi connectivity index (χ0n) is 15.6. The number of hydrogen-bond acceptors (Lipinski definition) is 2. The molecule has 1 fully saturated rings. The van der Waals surface area contributed by atoms with Gasteiger partial charge in [0.25, 0.3) is 0 Å². The van der Waals surface area contributed by atoms with Crippen molar-refractivity contribution in [1.82, 2.24) is 9.97 Å². The molecule has 1 aromatic heterocycles. The van der Waals surface area contributed by atoms with E-state index in [9.17, 15) is 0 Å². The van der Waals surface area contributed by atoms with E-state index in [-0.39, 0.29) is 0 Å². The Morgan fingerprint density at radius 2 is 1.42 bits per heavy atom. The lowest BCUT2D eigenvalue weighted by atomic mass is 9.78. The van der Waals surface area contributed by atoms with Gasteiger partial charge in [-0.15, -0.1) is 0 Å². The molecule has 1 heterocycles. The van der Waals surface area contributed by atoms with Crippen molar-refractivity contribution in [2.45, 2.75) is 66.2 Å². The van der Waals surface area contributed by atoms with Gasteiger partial charge < -0.3 is 0 Å². The second-order valence-corrected chi connectivity index (χ2v) is 7.72. The predicted molar refractivity (Wildman–Crippen MR) is 100 cm³/mol. The molecule has 0 radical (unpaired) electrons. The van der Waals surface area contributed by atoms with Gasteiger partial charge in [-0.25, -0.2) is 9.97 Å². The molecule has 0 amide bonds. The van der Waals surface area contributed by atoms with Gasteiger partial charge in [0.2, 0.25) is 0 Å². The van der Waals surface area contributed by atoms with Crippen molar-refractivity contribution in [3.63, 3.8) is 0 Å². The average Bonchev–Trinajstić information content (AvgIpc) is 2.54. The monoisotopic (exact) mass is 322 g/mol. The molecule has 2 heteroatoms. The third-order valence-electron chi connectivity index (χ3n) is 5.72. The maximum absolute atomic E-state index is 4.71. The Balaban J connectivity index is 1.54. The number of aromatic nitrogens is 2. The Labute approximate surface area is 146 Å². The molecule has 0 atom stereocenters. The number of rotatable bonds is 4. The molecule has 0 bridgehead atoms. The van der Waals surface area contributed by atoms with Crippen molar-refractivity contribution in [3.05, 3.63) is 58.2 Å². The first kappa shape index (κ1) is 17.1. The summed E-state index contributed by atoms with van der Waals surface area (Å²) in [6, 6.07) is 9.00. The molecule has 0 unspecified atom stereocenters. The molecule has 1 aliphatic rings. The van der Waals surface area contributed by atoms with E-state index in [0.717, 1.165) is 35.5 Å². The highest BCUT2D eigenvalue weighted by molar-refractivity contribution is 5.23. The second-order valence-electron chi connectivity index (χ2n) is 7.72. The Kier molecular flexibility index (Phi) is 5.33. The van der Waals surface area contributed by atoms with E-state index >= 15 is 0 Å². The van der Waals surface area contributed by atoms with Crippen LogP contribution in [0.2, 0.25) is 0 Å². The molecule has 3 rings (SSSR count). The molecule has 0 N–H and O–H groups in total. The van der Waals surface area contributed by atoms with Gasteiger partial charge >= 0.3 is 0 Å². The molecule has 2 nitrogen and oxygen atoms in total.